The second-order valence-corrected chi connectivity index (χ2v) is 5.91. The molecule has 0 radical (unpaired) electrons. The molecule has 0 saturated heterocycles. The minimum atomic E-state index is -0.487. The van der Waals surface area contributed by atoms with E-state index in [1.165, 1.54) is 6.07 Å². The Morgan fingerprint density at radius 1 is 1.38 bits per heavy atom. The van der Waals surface area contributed by atoms with E-state index < -0.39 is 5.82 Å². The van der Waals surface area contributed by atoms with Crippen molar-refractivity contribution >= 4 is 11.7 Å². The lowest BCUT2D eigenvalue weighted by Gasteiger charge is -2.27. The minimum absolute atomic E-state index is 0.191. The fraction of sp³-hybridized carbons (Fsp3) is 0.625. The van der Waals surface area contributed by atoms with Gasteiger partial charge in [0.1, 0.15) is 11.6 Å². The quantitative estimate of drug-likeness (QED) is 0.875. The van der Waals surface area contributed by atoms with Gasteiger partial charge in [-0.2, -0.15) is 0 Å². The summed E-state index contributed by atoms with van der Waals surface area (Å²) in [5.41, 5.74) is 0.294. The Morgan fingerprint density at radius 3 is 2.76 bits per heavy atom. The van der Waals surface area contributed by atoms with Gasteiger partial charge in [0.05, 0.1) is 11.8 Å². The van der Waals surface area contributed by atoms with Crippen LogP contribution in [-0.2, 0) is 0 Å². The molecule has 1 aliphatic carbocycles. The monoisotopic (exact) mass is 293 g/mol. The molecule has 0 aliphatic heterocycles. The van der Waals surface area contributed by atoms with Gasteiger partial charge in [-0.25, -0.2) is 9.37 Å². The lowest BCUT2D eigenvalue weighted by Crippen LogP contribution is -2.37. The van der Waals surface area contributed by atoms with Gasteiger partial charge in [0.15, 0.2) is 0 Å². The van der Waals surface area contributed by atoms with Gasteiger partial charge in [-0.3, -0.25) is 4.79 Å². The molecule has 1 aliphatic rings. The number of carbonyl (C=O) groups is 1. The Labute approximate surface area is 125 Å². The van der Waals surface area contributed by atoms with Crippen LogP contribution in [0.4, 0.5) is 10.2 Å². The number of amides is 1. The van der Waals surface area contributed by atoms with Crippen LogP contribution >= 0.6 is 0 Å². The number of anilines is 1. The number of hydrogen-bond acceptors (Lipinski definition) is 3. The molecule has 0 aromatic carbocycles. The third-order valence-electron chi connectivity index (χ3n) is 3.99. The maximum atomic E-state index is 13.4. The van der Waals surface area contributed by atoms with Crippen molar-refractivity contribution in [2.24, 2.45) is 5.92 Å². The molecular weight excluding hydrogens is 269 g/mol. The van der Waals surface area contributed by atoms with Crippen LogP contribution in [0.2, 0.25) is 0 Å². The molecule has 2 N–H and O–H groups in total. The first-order chi connectivity index (χ1) is 10.1. The van der Waals surface area contributed by atoms with Crippen molar-refractivity contribution in [3.05, 3.63) is 23.6 Å². The summed E-state index contributed by atoms with van der Waals surface area (Å²) in [6.45, 7) is 4.97. The van der Waals surface area contributed by atoms with E-state index in [1.54, 1.807) is 0 Å². The smallest absolute Gasteiger partial charge is 0.255 e. The normalized spacial score (nSPS) is 21.9. The summed E-state index contributed by atoms with van der Waals surface area (Å²) in [6.07, 6.45) is 6.30. The molecule has 5 heteroatoms. The van der Waals surface area contributed by atoms with Crippen LogP contribution in [-0.4, -0.2) is 23.5 Å². The number of aromatic nitrogens is 1. The van der Waals surface area contributed by atoms with Gasteiger partial charge in [-0.1, -0.05) is 13.8 Å². The van der Waals surface area contributed by atoms with Gasteiger partial charge in [0, 0.05) is 12.6 Å². The number of nitrogens with one attached hydrogen (secondary N) is 2. The molecule has 1 saturated carbocycles. The highest BCUT2D eigenvalue weighted by atomic mass is 19.1. The number of nitrogens with zero attached hydrogens (tertiary/aromatic N) is 1. The van der Waals surface area contributed by atoms with E-state index in [-0.39, 0.29) is 11.9 Å². The molecule has 0 atom stereocenters. The fourth-order valence-corrected chi connectivity index (χ4v) is 2.66. The Kier molecular flexibility index (Phi) is 5.53. The molecule has 1 aromatic rings. The van der Waals surface area contributed by atoms with Crippen molar-refractivity contribution in [2.75, 3.05) is 11.9 Å². The zero-order valence-corrected chi connectivity index (χ0v) is 12.8. The molecule has 2 rings (SSSR count). The molecule has 21 heavy (non-hydrogen) atoms. The second kappa shape index (κ2) is 7.38. The largest absolute Gasteiger partial charge is 0.369 e. The van der Waals surface area contributed by atoms with E-state index in [2.05, 4.69) is 22.5 Å². The number of rotatable bonds is 5. The highest BCUT2D eigenvalue weighted by molar-refractivity contribution is 5.98. The molecule has 1 heterocycles. The highest BCUT2D eigenvalue weighted by Gasteiger charge is 2.22. The Bertz CT molecular complexity index is 484. The first-order valence-electron chi connectivity index (χ1n) is 7.80. The Hall–Kier alpha value is -1.65. The first kappa shape index (κ1) is 15.7. The van der Waals surface area contributed by atoms with Crippen LogP contribution < -0.4 is 10.6 Å². The lowest BCUT2D eigenvalue weighted by atomic mass is 9.87. The summed E-state index contributed by atoms with van der Waals surface area (Å²) in [6, 6.07) is 1.45. The summed E-state index contributed by atoms with van der Waals surface area (Å²) < 4.78 is 13.4. The third-order valence-corrected chi connectivity index (χ3v) is 3.99. The van der Waals surface area contributed by atoms with E-state index in [4.69, 9.17) is 0 Å². The van der Waals surface area contributed by atoms with Crippen LogP contribution in [0.1, 0.15) is 56.3 Å². The average Bonchev–Trinajstić information content (AvgIpc) is 2.48. The standard InChI is InChI=1S/C16H24FN3O/c1-3-8-18-15-14(9-12(17)10-19-15)16(21)20-13-6-4-11(2)5-7-13/h9-11,13H,3-8H2,1-2H3,(H,18,19)(H,20,21). The summed E-state index contributed by atoms with van der Waals surface area (Å²) in [7, 11) is 0. The summed E-state index contributed by atoms with van der Waals surface area (Å²) in [5.74, 6) is 0.468. The van der Waals surface area contributed by atoms with Crippen molar-refractivity contribution in [2.45, 2.75) is 52.0 Å². The molecule has 1 fully saturated rings. The fourth-order valence-electron chi connectivity index (χ4n) is 2.66. The zero-order valence-electron chi connectivity index (χ0n) is 12.8. The SMILES string of the molecule is CCCNc1ncc(F)cc1C(=O)NC1CCC(C)CC1. The number of carbonyl (C=O) groups excluding carboxylic acids is 1. The second-order valence-electron chi connectivity index (χ2n) is 5.91. The highest BCUT2D eigenvalue weighted by Crippen LogP contribution is 2.24. The van der Waals surface area contributed by atoms with Gasteiger partial charge >= 0.3 is 0 Å². The van der Waals surface area contributed by atoms with Crippen molar-refractivity contribution in [1.82, 2.24) is 10.3 Å². The Balaban J connectivity index is 2.05. The van der Waals surface area contributed by atoms with Crippen LogP contribution in [0.15, 0.2) is 12.3 Å². The van der Waals surface area contributed by atoms with Crippen molar-refractivity contribution in [3.63, 3.8) is 0 Å². The number of hydrogen-bond donors (Lipinski definition) is 2. The lowest BCUT2D eigenvalue weighted by molar-refractivity contribution is 0.0923. The Morgan fingerprint density at radius 2 is 2.10 bits per heavy atom. The van der Waals surface area contributed by atoms with E-state index in [0.29, 0.717) is 17.9 Å². The van der Waals surface area contributed by atoms with Crippen molar-refractivity contribution in [3.8, 4) is 0 Å². The van der Waals surface area contributed by atoms with Gasteiger partial charge in [-0.15, -0.1) is 0 Å². The van der Waals surface area contributed by atoms with E-state index in [9.17, 15) is 9.18 Å². The molecule has 1 amide bonds. The van der Waals surface area contributed by atoms with Gasteiger partial charge in [0.25, 0.3) is 5.91 Å². The molecule has 0 unspecified atom stereocenters. The van der Waals surface area contributed by atoms with Crippen molar-refractivity contribution in [1.29, 1.82) is 0 Å². The predicted molar refractivity (Wildman–Crippen MR) is 81.9 cm³/mol. The van der Waals surface area contributed by atoms with E-state index >= 15 is 0 Å². The maximum Gasteiger partial charge on any atom is 0.255 e. The van der Waals surface area contributed by atoms with Crippen LogP contribution in [0.3, 0.4) is 0 Å². The molecule has 1 aromatic heterocycles. The van der Waals surface area contributed by atoms with Crippen LogP contribution in [0, 0.1) is 11.7 Å². The number of halogens is 1. The van der Waals surface area contributed by atoms with Crippen LogP contribution in [0.5, 0.6) is 0 Å². The summed E-state index contributed by atoms with van der Waals surface area (Å²) in [4.78, 5) is 16.4. The average molecular weight is 293 g/mol. The zero-order chi connectivity index (χ0) is 15.2. The molecule has 0 spiro atoms. The topological polar surface area (TPSA) is 54.0 Å². The van der Waals surface area contributed by atoms with Crippen molar-refractivity contribution < 1.29 is 9.18 Å². The molecule has 0 bridgehead atoms. The molecular formula is C16H24FN3O. The third kappa shape index (κ3) is 4.41. The maximum absolute atomic E-state index is 13.4. The first-order valence-corrected chi connectivity index (χ1v) is 7.80. The number of pyridine rings is 1. The summed E-state index contributed by atoms with van der Waals surface area (Å²) in [5, 5.41) is 6.09. The predicted octanol–water partition coefficient (Wildman–Crippen LogP) is 3.35. The van der Waals surface area contributed by atoms with Gasteiger partial charge in [0.2, 0.25) is 0 Å². The van der Waals surface area contributed by atoms with Gasteiger partial charge in [-0.05, 0) is 44.1 Å². The summed E-state index contributed by atoms with van der Waals surface area (Å²) >= 11 is 0. The molecule has 116 valence electrons. The van der Waals surface area contributed by atoms with E-state index in [1.807, 2.05) is 6.92 Å². The van der Waals surface area contributed by atoms with Gasteiger partial charge < -0.3 is 10.6 Å². The minimum Gasteiger partial charge on any atom is -0.369 e. The molecule has 4 nitrogen and oxygen atoms in total. The van der Waals surface area contributed by atoms with E-state index in [0.717, 1.165) is 44.2 Å². The van der Waals surface area contributed by atoms with Crippen LogP contribution in [0.25, 0.3) is 0 Å².